The Labute approximate surface area is 272 Å². The largest absolute Gasteiger partial charge is 0.417 e. The summed E-state index contributed by atoms with van der Waals surface area (Å²) in [5, 5.41) is 20.4. The first-order chi connectivity index (χ1) is 21.4. The van der Waals surface area contributed by atoms with Gasteiger partial charge in [0.1, 0.15) is 6.10 Å². The number of hydrogen-bond donors (Lipinski definition) is 2. The van der Waals surface area contributed by atoms with Gasteiger partial charge in [0.05, 0.1) is 28.9 Å². The minimum atomic E-state index is -4.67. The Morgan fingerprint density at radius 1 is 1.15 bits per heavy atom. The summed E-state index contributed by atoms with van der Waals surface area (Å²) in [6.45, 7) is 20.7. The zero-order valence-electron chi connectivity index (χ0n) is 28.3. The smallest absolute Gasteiger partial charge is 0.410 e. The maximum Gasteiger partial charge on any atom is 0.417 e. The van der Waals surface area contributed by atoms with Gasteiger partial charge in [-0.2, -0.15) is 18.4 Å². The van der Waals surface area contributed by atoms with Gasteiger partial charge in [0.2, 0.25) is 0 Å². The number of nitrogens with one attached hydrogen (secondary N) is 1. The molecule has 46 heavy (non-hydrogen) atoms. The van der Waals surface area contributed by atoms with E-state index in [1.165, 1.54) is 18.6 Å². The van der Waals surface area contributed by atoms with Crippen LogP contribution in [-0.2, 0) is 20.1 Å². The molecule has 4 aliphatic rings. The molecule has 2 aliphatic carbocycles. The zero-order chi connectivity index (χ0) is 33.9. The van der Waals surface area contributed by atoms with Crippen LogP contribution in [0.15, 0.2) is 52.8 Å². The van der Waals surface area contributed by atoms with Crippen molar-refractivity contribution in [3.05, 3.63) is 69.5 Å². The van der Waals surface area contributed by atoms with Crippen molar-refractivity contribution in [1.82, 2.24) is 5.48 Å². The topological polar surface area (TPSA) is 83.7 Å². The third-order valence-electron chi connectivity index (χ3n) is 11.2. The normalized spacial score (nSPS) is 27.6. The number of rotatable bonds is 5. The lowest BCUT2D eigenvalue weighted by Gasteiger charge is -2.52. The summed E-state index contributed by atoms with van der Waals surface area (Å²) in [5.41, 5.74) is 4.87. The minimum Gasteiger partial charge on any atom is -0.410 e. The van der Waals surface area contributed by atoms with Crippen LogP contribution in [0, 0.1) is 22.7 Å². The number of halogens is 3. The first-order valence-electron chi connectivity index (χ1n) is 16.5. The molecule has 0 radical (unpaired) electrons. The van der Waals surface area contributed by atoms with Crippen molar-refractivity contribution in [2.45, 2.75) is 122 Å². The van der Waals surface area contributed by atoms with Crippen LogP contribution in [-0.4, -0.2) is 38.4 Å². The second-order valence-electron chi connectivity index (χ2n) is 15.6. The molecular formula is C36H49F3N2O4Si. The average Bonchev–Trinajstić information content (AvgIpc) is 3.24. The standard InChI is InChI=1S/C36H49F3N2O4Si/c1-22(2)31(41-42)29-30(28-23(3)19-34(12-9-13-34)20-27(28)45-46(7,8)33(4,5)6)35(14-16-43-17-15-35)44-32(29)24-10-11-26(36(37,38)39)25(18-24)21-40/h10-11,18,22,27,32,41-42H,3,9,12-17,19-20H2,1-2,4-8H3/b30-28-,31-29+. The van der Waals surface area contributed by atoms with E-state index in [9.17, 15) is 23.6 Å². The summed E-state index contributed by atoms with van der Waals surface area (Å²) in [6.07, 6.45) is 0.451. The van der Waals surface area contributed by atoms with E-state index in [0.29, 0.717) is 42.9 Å². The number of benzene rings is 1. The van der Waals surface area contributed by atoms with E-state index < -0.39 is 37.3 Å². The van der Waals surface area contributed by atoms with Crippen LogP contribution in [0.3, 0.4) is 0 Å². The van der Waals surface area contributed by atoms with Gasteiger partial charge in [-0.25, -0.2) is 0 Å². The maximum atomic E-state index is 13.8. The van der Waals surface area contributed by atoms with E-state index in [-0.39, 0.29) is 22.5 Å². The highest BCUT2D eigenvalue weighted by atomic mass is 28.4. The van der Waals surface area contributed by atoms with E-state index in [0.717, 1.165) is 48.5 Å². The molecule has 2 spiro atoms. The summed E-state index contributed by atoms with van der Waals surface area (Å²) in [6, 6.07) is 5.39. The highest BCUT2D eigenvalue weighted by Gasteiger charge is 2.56. The van der Waals surface area contributed by atoms with E-state index in [2.05, 4.69) is 45.9 Å². The third kappa shape index (κ3) is 6.14. The molecule has 252 valence electrons. The quantitative estimate of drug-likeness (QED) is 0.242. The predicted molar refractivity (Wildman–Crippen MR) is 173 cm³/mol. The minimum absolute atomic E-state index is 0.0399. The molecule has 0 bridgehead atoms. The molecule has 4 fully saturated rings. The van der Waals surface area contributed by atoms with Gasteiger partial charge in [0, 0.05) is 37.3 Å². The van der Waals surface area contributed by atoms with Crippen molar-refractivity contribution < 1.29 is 32.3 Å². The number of ether oxygens (including phenoxy) is 2. The van der Waals surface area contributed by atoms with Gasteiger partial charge >= 0.3 is 6.18 Å². The number of nitriles is 1. The molecule has 2 saturated carbocycles. The van der Waals surface area contributed by atoms with Crippen molar-refractivity contribution in [3.8, 4) is 6.07 Å². The molecule has 6 nitrogen and oxygen atoms in total. The Morgan fingerprint density at radius 3 is 2.30 bits per heavy atom. The van der Waals surface area contributed by atoms with Crippen LogP contribution in [0.1, 0.15) is 102 Å². The summed E-state index contributed by atoms with van der Waals surface area (Å²) >= 11 is 0. The molecule has 1 aromatic carbocycles. The number of allylic oxidation sites excluding steroid dienone is 1. The number of nitrogens with zero attached hydrogens (tertiary/aromatic N) is 1. The zero-order valence-corrected chi connectivity index (χ0v) is 29.3. The van der Waals surface area contributed by atoms with Gasteiger partial charge in [0.25, 0.3) is 0 Å². The van der Waals surface area contributed by atoms with Crippen LogP contribution < -0.4 is 5.48 Å². The molecule has 1 aromatic rings. The van der Waals surface area contributed by atoms with Crippen LogP contribution in [0.25, 0.3) is 0 Å². The Balaban J connectivity index is 1.80. The molecule has 2 heterocycles. The molecule has 2 N–H and O–H groups in total. The van der Waals surface area contributed by atoms with Crippen molar-refractivity contribution in [2.24, 2.45) is 11.3 Å². The predicted octanol–water partition coefficient (Wildman–Crippen LogP) is 9.29. The second-order valence-corrected chi connectivity index (χ2v) is 20.4. The second kappa shape index (κ2) is 12.2. The number of hydroxylamine groups is 1. The van der Waals surface area contributed by atoms with Crippen molar-refractivity contribution in [3.63, 3.8) is 0 Å². The van der Waals surface area contributed by atoms with Crippen LogP contribution >= 0.6 is 0 Å². The lowest BCUT2D eigenvalue weighted by molar-refractivity contribution is -0.137. The molecule has 2 unspecified atom stereocenters. The van der Waals surface area contributed by atoms with Crippen LogP contribution in [0.4, 0.5) is 13.2 Å². The number of alkyl halides is 3. The Hall–Kier alpha value is -2.42. The van der Waals surface area contributed by atoms with Gasteiger partial charge in [-0.15, -0.1) is 0 Å². The van der Waals surface area contributed by atoms with Crippen molar-refractivity contribution in [1.29, 1.82) is 5.26 Å². The number of hydrogen-bond acceptors (Lipinski definition) is 6. The fourth-order valence-electron chi connectivity index (χ4n) is 7.63. The summed E-state index contributed by atoms with van der Waals surface area (Å²) in [4.78, 5) is 0. The monoisotopic (exact) mass is 658 g/mol. The fraction of sp³-hybridized carbons (Fsp3) is 0.639. The SMILES string of the molecule is C=C1CC2(CCC2)CC(O[Si](C)(C)C(C)(C)C)/C1=C1/C(=C(\NO)C(C)C)C(c2ccc(C(F)(F)F)c(C#N)c2)OC12CCOCC2. The van der Waals surface area contributed by atoms with Crippen molar-refractivity contribution in [2.75, 3.05) is 13.2 Å². The Morgan fingerprint density at radius 2 is 1.80 bits per heavy atom. The van der Waals surface area contributed by atoms with Gasteiger partial charge in [-0.05, 0) is 89.6 Å². The van der Waals surface area contributed by atoms with Gasteiger partial charge in [0.15, 0.2) is 8.32 Å². The lowest BCUT2D eigenvalue weighted by Crippen LogP contribution is -2.50. The summed E-state index contributed by atoms with van der Waals surface area (Å²) < 4.78 is 61.7. The molecule has 0 amide bonds. The lowest BCUT2D eigenvalue weighted by atomic mass is 9.57. The van der Waals surface area contributed by atoms with Crippen LogP contribution in [0.2, 0.25) is 18.1 Å². The summed E-state index contributed by atoms with van der Waals surface area (Å²) in [7, 11) is -2.29. The maximum absolute atomic E-state index is 13.8. The Kier molecular flexibility index (Phi) is 9.28. The summed E-state index contributed by atoms with van der Waals surface area (Å²) in [5.74, 6) is -0.184. The van der Waals surface area contributed by atoms with Gasteiger partial charge < -0.3 is 13.9 Å². The van der Waals surface area contributed by atoms with E-state index in [1.54, 1.807) is 6.07 Å². The van der Waals surface area contributed by atoms with Gasteiger partial charge in [-0.3, -0.25) is 10.7 Å². The van der Waals surface area contributed by atoms with Crippen molar-refractivity contribution >= 4 is 8.32 Å². The molecule has 0 aromatic heterocycles. The van der Waals surface area contributed by atoms with E-state index >= 15 is 0 Å². The third-order valence-corrected chi connectivity index (χ3v) is 15.7. The molecule has 2 atom stereocenters. The average molecular weight is 659 g/mol. The van der Waals surface area contributed by atoms with Gasteiger partial charge in [-0.1, -0.05) is 53.7 Å². The molecule has 10 heteroatoms. The van der Waals surface area contributed by atoms with E-state index in [4.69, 9.17) is 13.9 Å². The highest BCUT2D eigenvalue weighted by molar-refractivity contribution is 6.74. The van der Waals surface area contributed by atoms with E-state index in [1.807, 2.05) is 13.8 Å². The highest BCUT2D eigenvalue weighted by Crippen LogP contribution is 2.61. The first kappa shape index (κ1) is 34.9. The molecule has 2 saturated heterocycles. The van der Waals surface area contributed by atoms with Crippen LogP contribution in [0.5, 0.6) is 0 Å². The molecular weight excluding hydrogens is 609 g/mol. The Bertz CT molecular complexity index is 1470. The first-order valence-corrected chi connectivity index (χ1v) is 19.4. The molecule has 5 rings (SSSR count). The fourth-order valence-corrected chi connectivity index (χ4v) is 8.89. The molecule has 2 aliphatic heterocycles.